The Morgan fingerprint density at radius 3 is 2.29 bits per heavy atom. The molecule has 1 aromatic carbocycles. The van der Waals surface area contributed by atoms with E-state index < -0.39 is 14.9 Å². The van der Waals surface area contributed by atoms with Gasteiger partial charge in [0.1, 0.15) is 11.6 Å². The third kappa shape index (κ3) is 3.94. The number of halogens is 1. The average molecular weight is 426 g/mol. The van der Waals surface area contributed by atoms with E-state index in [2.05, 4.69) is 9.97 Å². The summed E-state index contributed by atoms with van der Waals surface area (Å²) >= 11 is 6.03. The van der Waals surface area contributed by atoms with Gasteiger partial charge in [0.25, 0.3) is 5.69 Å². The van der Waals surface area contributed by atoms with Gasteiger partial charge in [-0.15, -0.1) is 0 Å². The molecule has 3 rings (SSSR count). The highest BCUT2D eigenvalue weighted by atomic mass is 35.5. The molecule has 0 radical (unpaired) electrons. The van der Waals surface area contributed by atoms with Gasteiger partial charge in [-0.3, -0.25) is 10.1 Å². The SMILES string of the molecule is Cc1cc(N2CCN(S(=O)(=O)c3cc(Cl)c(C)c([N+](=O)[O-])c3)CC2)nc(C)n1. The highest BCUT2D eigenvalue weighted by molar-refractivity contribution is 7.89. The molecule has 1 aliphatic rings. The second kappa shape index (κ2) is 7.61. The van der Waals surface area contributed by atoms with E-state index in [0.29, 0.717) is 18.9 Å². The summed E-state index contributed by atoms with van der Waals surface area (Å²) in [6.07, 6.45) is 0. The summed E-state index contributed by atoms with van der Waals surface area (Å²) in [6.45, 7) is 6.57. The Balaban J connectivity index is 1.83. The normalized spacial score (nSPS) is 15.6. The lowest BCUT2D eigenvalue weighted by Gasteiger charge is -2.34. The summed E-state index contributed by atoms with van der Waals surface area (Å²) in [4.78, 5) is 21.1. The number of nitrogens with zero attached hydrogens (tertiary/aromatic N) is 5. The summed E-state index contributed by atoms with van der Waals surface area (Å²) in [7, 11) is -3.89. The highest BCUT2D eigenvalue weighted by Gasteiger charge is 2.31. The molecule has 0 bridgehead atoms. The lowest BCUT2D eigenvalue weighted by molar-refractivity contribution is -0.385. The Bertz CT molecular complexity index is 1020. The molecule has 1 saturated heterocycles. The number of benzene rings is 1. The van der Waals surface area contributed by atoms with Crippen LogP contribution in [0, 0.1) is 30.9 Å². The summed E-state index contributed by atoms with van der Waals surface area (Å²) in [6, 6.07) is 4.20. The van der Waals surface area contributed by atoms with Crippen molar-refractivity contribution >= 4 is 33.1 Å². The van der Waals surface area contributed by atoms with Crippen LogP contribution in [0.15, 0.2) is 23.1 Å². The molecule has 1 aromatic heterocycles. The molecule has 1 fully saturated rings. The van der Waals surface area contributed by atoms with E-state index in [1.807, 2.05) is 24.8 Å². The van der Waals surface area contributed by atoms with E-state index in [9.17, 15) is 18.5 Å². The number of hydrogen-bond donors (Lipinski definition) is 0. The molecule has 0 amide bonds. The minimum absolute atomic E-state index is 0.0540. The maximum absolute atomic E-state index is 13.0. The van der Waals surface area contributed by atoms with Crippen LogP contribution in [-0.2, 0) is 10.0 Å². The average Bonchev–Trinajstić information content (AvgIpc) is 2.62. The molecule has 0 saturated carbocycles. The van der Waals surface area contributed by atoms with Crippen LogP contribution in [0.1, 0.15) is 17.1 Å². The van der Waals surface area contributed by atoms with Crippen LogP contribution in [0.25, 0.3) is 0 Å². The van der Waals surface area contributed by atoms with Gasteiger partial charge >= 0.3 is 0 Å². The fraction of sp³-hybridized carbons (Fsp3) is 0.412. The fourth-order valence-corrected chi connectivity index (χ4v) is 4.89. The number of aryl methyl sites for hydroxylation is 2. The number of piperazine rings is 1. The van der Waals surface area contributed by atoms with E-state index in [-0.39, 0.29) is 34.3 Å². The minimum atomic E-state index is -3.89. The molecule has 0 aliphatic carbocycles. The monoisotopic (exact) mass is 425 g/mol. The van der Waals surface area contributed by atoms with Gasteiger partial charge in [0, 0.05) is 49.6 Å². The predicted molar refractivity (Wildman–Crippen MR) is 105 cm³/mol. The van der Waals surface area contributed by atoms with Crippen molar-refractivity contribution in [2.45, 2.75) is 25.7 Å². The van der Waals surface area contributed by atoms with E-state index in [1.165, 1.54) is 17.3 Å². The van der Waals surface area contributed by atoms with Crippen LogP contribution in [0.3, 0.4) is 0 Å². The summed E-state index contributed by atoms with van der Waals surface area (Å²) in [5.74, 6) is 1.42. The van der Waals surface area contributed by atoms with Crippen LogP contribution in [-0.4, -0.2) is 53.8 Å². The third-order valence-corrected chi connectivity index (χ3v) is 6.91. The number of nitro benzene ring substituents is 1. The number of rotatable bonds is 4. The van der Waals surface area contributed by atoms with Gasteiger partial charge in [0.05, 0.1) is 14.8 Å². The van der Waals surface area contributed by atoms with Crippen LogP contribution in [0.5, 0.6) is 0 Å². The first-order valence-corrected chi connectivity index (χ1v) is 10.4. The van der Waals surface area contributed by atoms with Crippen LogP contribution in [0.4, 0.5) is 11.5 Å². The molecule has 0 atom stereocenters. The molecule has 1 aliphatic heterocycles. The maximum atomic E-state index is 13.0. The Morgan fingerprint density at radius 1 is 1.07 bits per heavy atom. The minimum Gasteiger partial charge on any atom is -0.354 e. The van der Waals surface area contributed by atoms with Gasteiger partial charge in [-0.2, -0.15) is 4.31 Å². The number of hydrogen-bond acceptors (Lipinski definition) is 7. The van der Waals surface area contributed by atoms with Crippen molar-refractivity contribution in [2.24, 2.45) is 0 Å². The molecular weight excluding hydrogens is 406 g/mol. The van der Waals surface area contributed by atoms with E-state index in [0.717, 1.165) is 17.6 Å². The number of nitro groups is 1. The van der Waals surface area contributed by atoms with Crippen molar-refractivity contribution in [3.8, 4) is 0 Å². The zero-order valence-electron chi connectivity index (χ0n) is 15.7. The Morgan fingerprint density at radius 2 is 1.71 bits per heavy atom. The molecule has 2 aromatic rings. The number of anilines is 1. The predicted octanol–water partition coefficient (Wildman–Crippen LogP) is 2.47. The molecule has 150 valence electrons. The molecule has 0 N–H and O–H groups in total. The lowest BCUT2D eigenvalue weighted by Crippen LogP contribution is -2.49. The summed E-state index contributed by atoms with van der Waals surface area (Å²) < 4.78 is 27.3. The molecule has 11 heteroatoms. The Kier molecular flexibility index (Phi) is 5.55. The second-order valence-corrected chi connectivity index (χ2v) is 8.96. The largest absolute Gasteiger partial charge is 0.354 e. The van der Waals surface area contributed by atoms with Crippen molar-refractivity contribution < 1.29 is 13.3 Å². The van der Waals surface area contributed by atoms with Crippen molar-refractivity contribution in [1.29, 1.82) is 0 Å². The molecule has 2 heterocycles. The molecule has 0 spiro atoms. The highest BCUT2D eigenvalue weighted by Crippen LogP contribution is 2.31. The third-order valence-electron chi connectivity index (χ3n) is 4.64. The second-order valence-electron chi connectivity index (χ2n) is 6.61. The van der Waals surface area contributed by atoms with Crippen molar-refractivity contribution in [3.63, 3.8) is 0 Å². The van der Waals surface area contributed by atoms with Gasteiger partial charge in [0.15, 0.2) is 0 Å². The zero-order chi connectivity index (χ0) is 20.6. The van der Waals surface area contributed by atoms with E-state index in [1.54, 1.807) is 0 Å². The quantitative estimate of drug-likeness (QED) is 0.546. The number of aromatic nitrogens is 2. The van der Waals surface area contributed by atoms with Crippen molar-refractivity contribution in [3.05, 3.63) is 50.4 Å². The first-order valence-electron chi connectivity index (χ1n) is 8.61. The molecular formula is C17H20ClN5O4S. The smallest absolute Gasteiger partial charge is 0.275 e. The van der Waals surface area contributed by atoms with Gasteiger partial charge in [-0.05, 0) is 26.8 Å². The lowest BCUT2D eigenvalue weighted by atomic mass is 10.2. The first-order chi connectivity index (χ1) is 13.1. The van der Waals surface area contributed by atoms with Gasteiger partial charge < -0.3 is 4.90 Å². The first kappa shape index (κ1) is 20.4. The standard InChI is InChI=1S/C17H20ClN5O4S/c1-11-8-17(20-13(3)19-11)21-4-6-22(7-5-21)28(26,27)14-9-15(18)12(2)16(10-14)23(24)25/h8-10H,4-7H2,1-3H3. The molecule has 28 heavy (non-hydrogen) atoms. The van der Waals surface area contributed by atoms with Crippen molar-refractivity contribution in [1.82, 2.24) is 14.3 Å². The van der Waals surface area contributed by atoms with E-state index >= 15 is 0 Å². The fourth-order valence-electron chi connectivity index (χ4n) is 3.14. The maximum Gasteiger partial charge on any atom is 0.275 e. The molecule has 0 unspecified atom stereocenters. The Labute approximate surface area is 168 Å². The van der Waals surface area contributed by atoms with Crippen LogP contribution >= 0.6 is 11.6 Å². The molecule has 9 nitrogen and oxygen atoms in total. The van der Waals surface area contributed by atoms with Gasteiger partial charge in [-0.25, -0.2) is 18.4 Å². The summed E-state index contributed by atoms with van der Waals surface area (Å²) in [5, 5.41) is 11.3. The number of sulfonamides is 1. The Hall–Kier alpha value is -2.30. The zero-order valence-corrected chi connectivity index (χ0v) is 17.3. The van der Waals surface area contributed by atoms with Gasteiger partial charge in [-0.1, -0.05) is 11.6 Å². The van der Waals surface area contributed by atoms with Crippen LogP contribution in [0.2, 0.25) is 5.02 Å². The summed E-state index contributed by atoms with van der Waals surface area (Å²) in [5.41, 5.74) is 0.778. The van der Waals surface area contributed by atoms with Crippen LogP contribution < -0.4 is 4.90 Å². The van der Waals surface area contributed by atoms with E-state index in [4.69, 9.17) is 11.6 Å². The van der Waals surface area contributed by atoms with Gasteiger partial charge in [0.2, 0.25) is 10.0 Å². The topological polar surface area (TPSA) is 110 Å². The van der Waals surface area contributed by atoms with Crippen molar-refractivity contribution in [2.75, 3.05) is 31.1 Å².